The summed E-state index contributed by atoms with van der Waals surface area (Å²) < 4.78 is 39.5. The average Bonchev–Trinajstić information content (AvgIpc) is 4.15. The van der Waals surface area contributed by atoms with Crippen LogP contribution in [0.25, 0.3) is 39.3 Å². The Morgan fingerprint density at radius 1 is 0.926 bits per heavy atom. The molecule has 1 unspecified atom stereocenters. The number of rotatable bonds is 11. The molecule has 19 nitrogen and oxygen atoms in total. The van der Waals surface area contributed by atoms with Crippen LogP contribution in [-0.2, 0) is 16.6 Å². The predicted octanol–water partition coefficient (Wildman–Crippen LogP) is 4.43. The van der Waals surface area contributed by atoms with Gasteiger partial charge in [0.25, 0.3) is 12.3 Å². The first-order chi connectivity index (χ1) is 33.1. The number of imidazole rings is 1. The molecule has 0 spiro atoms. The molecule has 0 radical (unpaired) electrons. The minimum absolute atomic E-state index is 0.0862. The second-order valence-corrected chi connectivity index (χ2v) is 19.1. The number of aliphatic hydroxyl groups is 1. The molecule has 2 saturated heterocycles. The summed E-state index contributed by atoms with van der Waals surface area (Å²) in [5.74, 6) is -0.312. The second kappa shape index (κ2) is 18.3. The monoisotopic (exact) mass is 933 g/mol. The molecule has 11 rings (SSSR count). The number of anilines is 2. The number of nitrogens with one attached hydrogen (secondary N) is 2. The summed E-state index contributed by atoms with van der Waals surface area (Å²) in [6.45, 7) is 2.67. The van der Waals surface area contributed by atoms with Crippen molar-refractivity contribution in [1.29, 1.82) is 0 Å². The van der Waals surface area contributed by atoms with E-state index in [0.717, 1.165) is 76.3 Å². The number of aromatic nitrogens is 10. The van der Waals surface area contributed by atoms with Gasteiger partial charge in [-0.3, -0.25) is 38.5 Å². The summed E-state index contributed by atoms with van der Waals surface area (Å²) in [5.41, 5.74) is 4.75. The van der Waals surface area contributed by atoms with Gasteiger partial charge in [0.2, 0.25) is 5.91 Å². The lowest BCUT2D eigenvalue weighted by molar-refractivity contribution is -0.128. The number of carbonyl (C=O) groups excluding carboxylic acids is 2. The maximum atomic E-state index is 15.6. The minimum atomic E-state index is -2.58. The summed E-state index contributed by atoms with van der Waals surface area (Å²) in [6, 6.07) is 6.42. The van der Waals surface area contributed by atoms with Gasteiger partial charge in [-0.2, -0.15) is 5.10 Å². The van der Waals surface area contributed by atoms with Gasteiger partial charge in [0.1, 0.15) is 17.5 Å². The number of alkyl halides is 2. The van der Waals surface area contributed by atoms with Crippen molar-refractivity contribution >= 4 is 45.7 Å². The highest BCUT2D eigenvalue weighted by Gasteiger charge is 2.43. The van der Waals surface area contributed by atoms with Crippen molar-refractivity contribution in [2.45, 2.75) is 114 Å². The van der Waals surface area contributed by atoms with Crippen LogP contribution in [0.4, 0.5) is 20.3 Å². The molecule has 358 valence electrons. The van der Waals surface area contributed by atoms with Gasteiger partial charge < -0.3 is 15.3 Å². The van der Waals surface area contributed by atoms with Crippen molar-refractivity contribution in [3.63, 3.8) is 0 Å². The Hall–Kier alpha value is -6.32. The van der Waals surface area contributed by atoms with Crippen LogP contribution in [0.1, 0.15) is 83.2 Å². The van der Waals surface area contributed by atoms with Crippen LogP contribution in [-0.4, -0.2) is 139 Å². The van der Waals surface area contributed by atoms with Crippen LogP contribution < -0.4 is 21.2 Å². The summed E-state index contributed by atoms with van der Waals surface area (Å²) in [5, 5.41) is 35.2. The number of nitrogens with zero attached hydrogens (tertiary/aromatic N) is 13. The Morgan fingerprint density at radius 2 is 1.74 bits per heavy atom. The van der Waals surface area contributed by atoms with Crippen LogP contribution in [0, 0.1) is 5.92 Å². The molecule has 2 saturated carbocycles. The van der Waals surface area contributed by atoms with Gasteiger partial charge >= 0.3 is 5.69 Å². The van der Waals surface area contributed by atoms with Crippen LogP contribution >= 0.6 is 0 Å². The number of imide groups is 1. The molecule has 5 aromatic heterocycles. The lowest BCUT2D eigenvalue weighted by Crippen LogP contribution is -2.61. The first-order valence-corrected chi connectivity index (χ1v) is 24.1. The molecule has 3 aliphatic heterocycles. The van der Waals surface area contributed by atoms with E-state index in [1.165, 1.54) is 10.6 Å². The van der Waals surface area contributed by atoms with E-state index in [9.17, 15) is 19.5 Å². The van der Waals surface area contributed by atoms with E-state index in [1.807, 2.05) is 46.2 Å². The number of aryl methyl sites for hydroxylation is 1. The Morgan fingerprint density at radius 3 is 2.53 bits per heavy atom. The number of carbonyl (C=O) groups is 2. The molecular weight excluding hydrogens is 877 g/mol. The number of fused-ring (bicyclic) bond motifs is 2. The number of halogens is 2. The quantitative estimate of drug-likeness (QED) is 0.155. The Labute approximate surface area is 390 Å². The molecule has 5 aliphatic rings. The Bertz CT molecular complexity index is 2920. The molecule has 2 amide bonds. The number of hydrogen-bond donors (Lipinski definition) is 3. The normalized spacial score (nSPS) is 23.5. The zero-order valence-corrected chi connectivity index (χ0v) is 38.1. The van der Waals surface area contributed by atoms with Gasteiger partial charge in [-0.15, -0.1) is 10.2 Å². The maximum Gasteiger partial charge on any atom is 0.333 e. The van der Waals surface area contributed by atoms with Crippen LogP contribution in [0.2, 0.25) is 0 Å². The molecule has 68 heavy (non-hydrogen) atoms. The van der Waals surface area contributed by atoms with Crippen LogP contribution in [0.5, 0.6) is 0 Å². The van der Waals surface area contributed by atoms with Gasteiger partial charge in [-0.1, -0.05) is 43.4 Å². The van der Waals surface area contributed by atoms with Crippen molar-refractivity contribution < 1.29 is 23.5 Å². The fourth-order valence-corrected chi connectivity index (χ4v) is 11.8. The molecule has 0 bridgehead atoms. The van der Waals surface area contributed by atoms with Gasteiger partial charge in [0.15, 0.2) is 11.5 Å². The predicted molar refractivity (Wildman–Crippen MR) is 249 cm³/mol. The lowest BCUT2D eigenvalue weighted by Gasteiger charge is -2.50. The van der Waals surface area contributed by atoms with Gasteiger partial charge in [0.05, 0.1) is 65.5 Å². The van der Waals surface area contributed by atoms with Crippen molar-refractivity contribution in [2.24, 2.45) is 13.0 Å². The lowest BCUT2D eigenvalue weighted by atomic mass is 9.85. The van der Waals surface area contributed by atoms with Crippen LogP contribution in [0.15, 0.2) is 66.1 Å². The molecular formula is C47H57F2N15O4. The summed E-state index contributed by atoms with van der Waals surface area (Å²) in [6.07, 6.45) is 16.7. The molecule has 8 heterocycles. The smallest absolute Gasteiger partial charge is 0.333 e. The molecule has 4 atom stereocenters. The SMILES string of the molecule is Cn1c(=O)n(C2=CC(=O)NC(=O)C2)c2cccc(N3CCC(N4CCN([C@H](C5CCCCC5)n5cc(-n6nncc6-c6c(N[C@H]7CCCC[C@H]7O)nn7cccnc67)cn5)C(C(F)F)C4)CC3)c21. The van der Waals surface area contributed by atoms with Crippen molar-refractivity contribution in [3.05, 3.63) is 71.8 Å². The molecule has 2 aliphatic carbocycles. The van der Waals surface area contributed by atoms with Gasteiger partial charge in [0, 0.05) is 70.0 Å². The molecule has 4 fully saturated rings. The highest BCUT2D eigenvalue weighted by Crippen LogP contribution is 2.40. The summed E-state index contributed by atoms with van der Waals surface area (Å²) >= 11 is 0. The number of para-hydroxylation sites is 1. The van der Waals surface area contributed by atoms with Gasteiger partial charge in [-0.05, 0) is 62.6 Å². The van der Waals surface area contributed by atoms with E-state index in [2.05, 4.69) is 35.7 Å². The standard InChI is InChI=1S/C47H57F2N15O4/c1-57-42-34(12-7-13-35(42)63(47(57)68)31-23-39(66)54-40(67)24-31)58-19-15-30(16-20-58)59-21-22-60(37(28-59)43(48)49)46(29-9-3-2-4-10-29)62-27-32(25-52-62)64-36(26-51-56-64)41-44(53-33-11-5-6-14-38(33)65)55-61-18-8-17-50-45(41)61/h7-8,12-13,17-18,23,25-27,29-30,33,37-38,43,46,65H,2-6,9-11,14-16,19-22,24,28H2,1H3,(H,53,55)(H,54,66,67)/t33-,37?,38+,46-/m0/s1. The fourth-order valence-electron chi connectivity index (χ4n) is 11.8. The Kier molecular flexibility index (Phi) is 11.9. The molecule has 6 aromatic rings. The molecule has 3 N–H and O–H groups in total. The number of piperidine rings is 1. The highest BCUT2D eigenvalue weighted by molar-refractivity contribution is 6.10. The number of amides is 2. The average molecular weight is 934 g/mol. The minimum Gasteiger partial charge on any atom is -0.391 e. The zero-order chi connectivity index (χ0) is 46.6. The zero-order valence-electron chi connectivity index (χ0n) is 38.1. The third kappa shape index (κ3) is 8.06. The van der Waals surface area contributed by atoms with Crippen molar-refractivity contribution in [3.8, 4) is 16.9 Å². The number of hydrogen-bond acceptors (Lipinski definition) is 13. The molecule has 21 heteroatoms. The third-order valence-electron chi connectivity index (χ3n) is 15.1. The van der Waals surface area contributed by atoms with E-state index in [0.29, 0.717) is 71.3 Å². The van der Waals surface area contributed by atoms with E-state index in [1.54, 1.807) is 39.4 Å². The van der Waals surface area contributed by atoms with E-state index < -0.39 is 30.4 Å². The van der Waals surface area contributed by atoms with E-state index in [4.69, 9.17) is 10.2 Å². The second-order valence-electron chi connectivity index (χ2n) is 19.1. The maximum absolute atomic E-state index is 15.6. The summed E-state index contributed by atoms with van der Waals surface area (Å²) in [7, 11) is 1.70. The van der Waals surface area contributed by atoms with Crippen molar-refractivity contribution in [1.82, 2.24) is 63.6 Å². The fraction of sp³-hybridized carbons (Fsp3) is 0.532. The molecule has 1 aromatic carbocycles. The highest BCUT2D eigenvalue weighted by atomic mass is 19.3. The van der Waals surface area contributed by atoms with Gasteiger partial charge in [-0.25, -0.2) is 27.8 Å². The number of aliphatic hydroxyl groups excluding tert-OH is 1. The number of piperazine rings is 1. The van der Waals surface area contributed by atoms with E-state index in [-0.39, 0.29) is 42.8 Å². The third-order valence-corrected chi connectivity index (χ3v) is 15.1. The van der Waals surface area contributed by atoms with E-state index >= 15 is 8.78 Å². The topological polar surface area (TPSA) is 194 Å². The van der Waals surface area contributed by atoms with Crippen LogP contribution in [0.3, 0.4) is 0 Å². The number of benzene rings is 1. The first kappa shape index (κ1) is 44.2. The largest absolute Gasteiger partial charge is 0.391 e. The van der Waals surface area contributed by atoms with Crippen molar-refractivity contribution in [2.75, 3.05) is 42.9 Å². The Balaban J connectivity index is 0.832. The first-order valence-electron chi connectivity index (χ1n) is 24.1. The summed E-state index contributed by atoms with van der Waals surface area (Å²) in [4.78, 5) is 49.2.